The van der Waals surface area contributed by atoms with Gasteiger partial charge in [-0.3, -0.25) is 0 Å². The van der Waals surface area contributed by atoms with Gasteiger partial charge in [-0.15, -0.1) is 0 Å². The molecule has 0 radical (unpaired) electrons. The van der Waals surface area contributed by atoms with Crippen molar-refractivity contribution in [2.45, 2.75) is 6.92 Å². The molecule has 14 heavy (non-hydrogen) atoms. The summed E-state index contributed by atoms with van der Waals surface area (Å²) in [5, 5.41) is 0. The van der Waals surface area contributed by atoms with Crippen LogP contribution < -0.4 is 9.47 Å². The van der Waals surface area contributed by atoms with Crippen LogP contribution in [0.1, 0.15) is 12.5 Å². The number of hydrogen-bond donors (Lipinski definition) is 0. The van der Waals surface area contributed by atoms with Gasteiger partial charge in [-0.25, -0.2) is 0 Å². The van der Waals surface area contributed by atoms with Crippen LogP contribution in [0.3, 0.4) is 0 Å². The SMILES string of the molecule is C=C(C)/C=C/c1ccc2c(c1)OCO2. The summed E-state index contributed by atoms with van der Waals surface area (Å²) in [7, 11) is 0. The second kappa shape index (κ2) is 3.58. The van der Waals surface area contributed by atoms with Gasteiger partial charge >= 0.3 is 0 Å². The minimum atomic E-state index is 0.322. The van der Waals surface area contributed by atoms with Crippen molar-refractivity contribution in [1.82, 2.24) is 0 Å². The predicted octanol–water partition coefficient (Wildman–Crippen LogP) is 3.00. The van der Waals surface area contributed by atoms with E-state index in [4.69, 9.17) is 9.47 Å². The van der Waals surface area contributed by atoms with E-state index >= 15 is 0 Å². The fourth-order valence-corrected chi connectivity index (χ4v) is 1.26. The summed E-state index contributed by atoms with van der Waals surface area (Å²) in [6.07, 6.45) is 3.97. The molecule has 0 N–H and O–H groups in total. The third kappa shape index (κ3) is 1.79. The van der Waals surface area contributed by atoms with Crippen molar-refractivity contribution in [2.24, 2.45) is 0 Å². The van der Waals surface area contributed by atoms with Crippen molar-refractivity contribution < 1.29 is 9.47 Å². The van der Waals surface area contributed by atoms with Gasteiger partial charge in [0.2, 0.25) is 6.79 Å². The lowest BCUT2D eigenvalue weighted by molar-refractivity contribution is 0.174. The molecule has 1 aromatic rings. The van der Waals surface area contributed by atoms with Gasteiger partial charge in [0.05, 0.1) is 0 Å². The Kier molecular flexibility index (Phi) is 2.27. The van der Waals surface area contributed by atoms with E-state index in [1.165, 1.54) is 0 Å². The summed E-state index contributed by atoms with van der Waals surface area (Å²) in [5.41, 5.74) is 2.12. The number of benzene rings is 1. The topological polar surface area (TPSA) is 18.5 Å². The van der Waals surface area contributed by atoms with E-state index in [9.17, 15) is 0 Å². The molecular formula is C12H12O2. The Morgan fingerprint density at radius 2 is 2.14 bits per heavy atom. The third-order valence-electron chi connectivity index (χ3n) is 1.96. The predicted molar refractivity (Wildman–Crippen MR) is 56.4 cm³/mol. The van der Waals surface area contributed by atoms with Gasteiger partial charge in [0.25, 0.3) is 0 Å². The molecule has 2 nitrogen and oxygen atoms in total. The molecule has 2 heteroatoms. The number of fused-ring (bicyclic) bond motifs is 1. The van der Waals surface area contributed by atoms with Gasteiger partial charge in [-0.2, -0.15) is 0 Å². The first kappa shape index (κ1) is 8.88. The molecule has 72 valence electrons. The number of hydrogen-bond acceptors (Lipinski definition) is 2. The zero-order valence-corrected chi connectivity index (χ0v) is 8.12. The van der Waals surface area contributed by atoms with Crippen molar-refractivity contribution >= 4 is 6.08 Å². The molecule has 0 fully saturated rings. The Morgan fingerprint density at radius 1 is 1.36 bits per heavy atom. The van der Waals surface area contributed by atoms with Crippen LogP contribution in [0.4, 0.5) is 0 Å². The molecule has 0 spiro atoms. The van der Waals surface area contributed by atoms with Crippen LogP contribution in [0.15, 0.2) is 36.4 Å². The number of ether oxygens (including phenoxy) is 2. The van der Waals surface area contributed by atoms with Gasteiger partial charge in [0, 0.05) is 0 Å². The fourth-order valence-electron chi connectivity index (χ4n) is 1.26. The zero-order valence-electron chi connectivity index (χ0n) is 8.12. The van der Waals surface area contributed by atoms with Crippen LogP contribution in [0.5, 0.6) is 11.5 Å². The molecule has 0 saturated carbocycles. The largest absolute Gasteiger partial charge is 0.454 e. The van der Waals surface area contributed by atoms with Gasteiger partial charge in [0.15, 0.2) is 11.5 Å². The molecule has 0 aliphatic carbocycles. The molecule has 0 saturated heterocycles. The molecule has 2 rings (SSSR count). The molecule has 0 unspecified atom stereocenters. The highest BCUT2D eigenvalue weighted by Crippen LogP contribution is 2.32. The van der Waals surface area contributed by atoms with Crippen molar-refractivity contribution in [2.75, 3.05) is 6.79 Å². The van der Waals surface area contributed by atoms with E-state index in [0.29, 0.717) is 6.79 Å². The lowest BCUT2D eigenvalue weighted by Gasteiger charge is -1.97. The number of rotatable bonds is 2. The molecule has 0 amide bonds. The van der Waals surface area contributed by atoms with E-state index < -0.39 is 0 Å². The molecule has 1 aliphatic heterocycles. The summed E-state index contributed by atoms with van der Waals surface area (Å²) in [6.45, 7) is 6.08. The normalized spacial score (nSPS) is 13.5. The lowest BCUT2D eigenvalue weighted by Crippen LogP contribution is -1.92. The van der Waals surface area contributed by atoms with Crippen LogP contribution in [-0.2, 0) is 0 Å². The molecule has 1 aromatic carbocycles. The highest BCUT2D eigenvalue weighted by Gasteiger charge is 2.11. The smallest absolute Gasteiger partial charge is 0.231 e. The maximum absolute atomic E-state index is 5.27. The minimum absolute atomic E-state index is 0.322. The van der Waals surface area contributed by atoms with Crippen LogP contribution in [-0.4, -0.2) is 6.79 Å². The summed E-state index contributed by atoms with van der Waals surface area (Å²) in [5.74, 6) is 1.63. The summed E-state index contributed by atoms with van der Waals surface area (Å²) in [6, 6.07) is 5.87. The van der Waals surface area contributed by atoms with E-state index in [2.05, 4.69) is 6.58 Å². The highest BCUT2D eigenvalue weighted by atomic mass is 16.7. The summed E-state index contributed by atoms with van der Waals surface area (Å²) in [4.78, 5) is 0. The average Bonchev–Trinajstić information content (AvgIpc) is 2.61. The van der Waals surface area contributed by atoms with Crippen molar-refractivity contribution in [3.63, 3.8) is 0 Å². The molecule has 0 bridgehead atoms. The monoisotopic (exact) mass is 188 g/mol. The van der Waals surface area contributed by atoms with E-state index in [-0.39, 0.29) is 0 Å². The van der Waals surface area contributed by atoms with Crippen LogP contribution in [0.2, 0.25) is 0 Å². The minimum Gasteiger partial charge on any atom is -0.454 e. The molecular weight excluding hydrogens is 176 g/mol. The Labute approximate surface area is 83.5 Å². The highest BCUT2D eigenvalue weighted by molar-refractivity contribution is 5.58. The van der Waals surface area contributed by atoms with E-state index in [1.54, 1.807) is 0 Å². The second-order valence-corrected chi connectivity index (χ2v) is 3.29. The summed E-state index contributed by atoms with van der Waals surface area (Å²) < 4.78 is 10.5. The first-order valence-electron chi connectivity index (χ1n) is 4.49. The average molecular weight is 188 g/mol. The van der Waals surface area contributed by atoms with Gasteiger partial charge in [-0.1, -0.05) is 30.4 Å². The first-order chi connectivity index (χ1) is 6.75. The quantitative estimate of drug-likeness (QED) is 0.664. The summed E-state index contributed by atoms with van der Waals surface area (Å²) >= 11 is 0. The standard InChI is InChI=1S/C12H12O2/c1-9(2)3-4-10-5-6-11-12(7-10)14-8-13-11/h3-7H,1,8H2,2H3/b4-3+. The second-order valence-electron chi connectivity index (χ2n) is 3.29. The zero-order chi connectivity index (χ0) is 9.97. The van der Waals surface area contributed by atoms with E-state index in [0.717, 1.165) is 22.6 Å². The van der Waals surface area contributed by atoms with Crippen LogP contribution in [0, 0.1) is 0 Å². The number of allylic oxidation sites excluding steroid dienone is 2. The van der Waals surface area contributed by atoms with Gasteiger partial charge < -0.3 is 9.47 Å². The van der Waals surface area contributed by atoms with Crippen molar-refractivity contribution in [3.05, 3.63) is 42.0 Å². The molecule has 1 aliphatic rings. The maximum atomic E-state index is 5.27. The third-order valence-corrected chi connectivity index (χ3v) is 1.96. The Hall–Kier alpha value is -1.70. The van der Waals surface area contributed by atoms with Crippen LogP contribution >= 0.6 is 0 Å². The molecule has 1 heterocycles. The first-order valence-corrected chi connectivity index (χ1v) is 4.49. The van der Waals surface area contributed by atoms with E-state index in [1.807, 2.05) is 37.3 Å². The molecule has 0 aromatic heterocycles. The Morgan fingerprint density at radius 3 is 2.93 bits per heavy atom. The van der Waals surface area contributed by atoms with Gasteiger partial charge in [0.1, 0.15) is 0 Å². The maximum Gasteiger partial charge on any atom is 0.231 e. The Bertz CT molecular complexity index is 391. The molecule has 0 atom stereocenters. The van der Waals surface area contributed by atoms with Crippen LogP contribution in [0.25, 0.3) is 6.08 Å². The Balaban J connectivity index is 2.25. The van der Waals surface area contributed by atoms with Crippen molar-refractivity contribution in [3.8, 4) is 11.5 Å². The fraction of sp³-hybridized carbons (Fsp3) is 0.167. The lowest BCUT2D eigenvalue weighted by atomic mass is 10.1. The van der Waals surface area contributed by atoms with Gasteiger partial charge in [-0.05, 0) is 24.6 Å². The van der Waals surface area contributed by atoms with Crippen molar-refractivity contribution in [1.29, 1.82) is 0 Å².